The molecule has 0 aromatic heterocycles. The Bertz CT molecular complexity index is 242. The van der Waals surface area contributed by atoms with Gasteiger partial charge in [0.05, 0.1) is 0 Å². The minimum Gasteiger partial charge on any atom is -1.00 e. The number of carboxylic acids is 2. The van der Waals surface area contributed by atoms with E-state index in [-0.39, 0.29) is 63.6 Å². The van der Waals surface area contributed by atoms with Crippen molar-refractivity contribution >= 4 is 60.8 Å². The first-order valence-electron chi connectivity index (χ1n) is 5.82. The molecule has 0 aliphatic heterocycles. The van der Waals surface area contributed by atoms with E-state index in [1.807, 2.05) is 20.8 Å². The van der Waals surface area contributed by atoms with E-state index in [1.165, 1.54) is 0 Å². The van der Waals surface area contributed by atoms with E-state index in [2.05, 4.69) is 0 Å². The molecule has 0 spiro atoms. The molecule has 0 heterocycles. The van der Waals surface area contributed by atoms with Crippen LogP contribution in [0, 0.1) is 11.3 Å². The van der Waals surface area contributed by atoms with Gasteiger partial charge >= 0.3 is 60.8 Å². The molecule has 0 aliphatic carbocycles. The van der Waals surface area contributed by atoms with Crippen LogP contribution in [0.15, 0.2) is 0 Å². The summed E-state index contributed by atoms with van der Waals surface area (Å²) in [4.78, 5) is 21.7. The van der Waals surface area contributed by atoms with Crippen molar-refractivity contribution in [2.24, 2.45) is 11.3 Å². The van der Waals surface area contributed by atoms with Crippen molar-refractivity contribution in [3.05, 3.63) is 0 Å². The maximum Gasteiger partial charge on any atom is 2.00 e. The second kappa shape index (κ2) is 9.44. The molecule has 0 atom stereocenters. The first kappa shape index (κ1) is 19.8. The zero-order valence-electron chi connectivity index (χ0n) is 13.0. The Morgan fingerprint density at radius 1 is 1.12 bits per heavy atom. The van der Waals surface area contributed by atoms with E-state index >= 15 is 0 Å². The zero-order chi connectivity index (χ0) is 12.8. The summed E-state index contributed by atoms with van der Waals surface area (Å²) in [5, 5.41) is 17.7. The van der Waals surface area contributed by atoms with Crippen LogP contribution in [-0.2, 0) is 9.59 Å². The Kier molecular flexibility index (Phi) is 11.0. The summed E-state index contributed by atoms with van der Waals surface area (Å²) in [6.07, 6.45) is 3.86. The van der Waals surface area contributed by atoms with Gasteiger partial charge in [-0.3, -0.25) is 9.59 Å². The molecule has 0 bridgehead atoms. The summed E-state index contributed by atoms with van der Waals surface area (Å²) in [5.74, 6) is -3.74. The molecule has 0 radical (unpaired) electrons. The van der Waals surface area contributed by atoms with Crippen LogP contribution >= 0.6 is 0 Å². The van der Waals surface area contributed by atoms with Gasteiger partial charge in [-0.15, -0.1) is 0 Å². The topological polar surface area (TPSA) is 74.6 Å². The van der Waals surface area contributed by atoms with Gasteiger partial charge in [-0.25, -0.2) is 0 Å². The summed E-state index contributed by atoms with van der Waals surface area (Å²) < 4.78 is 0. The first-order valence-corrected chi connectivity index (χ1v) is 5.82. The average molecular weight is 370 g/mol. The number of carboxylic acid groups (broad SMARTS) is 2. The molecule has 0 unspecified atom stereocenters. The van der Waals surface area contributed by atoms with E-state index in [0.29, 0.717) is 0 Å². The van der Waals surface area contributed by atoms with Gasteiger partial charge in [-0.1, -0.05) is 33.6 Å². The Hall–Kier alpha value is 0.511. The number of hydrogen-bond acceptors (Lipinski definition) is 2. The molecule has 17 heavy (non-hydrogen) atoms. The second-order valence-electron chi connectivity index (χ2n) is 4.74. The monoisotopic (exact) mass is 370 g/mol. The van der Waals surface area contributed by atoms with E-state index in [1.54, 1.807) is 0 Å². The minimum absolute atomic E-state index is 0. The van der Waals surface area contributed by atoms with Crippen LogP contribution in [0.5, 0.6) is 0 Å². The van der Waals surface area contributed by atoms with E-state index in [4.69, 9.17) is 10.2 Å². The van der Waals surface area contributed by atoms with E-state index in [0.717, 1.165) is 25.7 Å². The molecule has 0 fully saturated rings. The summed E-state index contributed by atoms with van der Waals surface area (Å²) in [6, 6.07) is 0. The molecule has 98 valence electrons. The van der Waals surface area contributed by atoms with Crippen LogP contribution in [-0.4, -0.2) is 71.0 Å². The van der Waals surface area contributed by atoms with Gasteiger partial charge in [0.25, 0.3) is 0 Å². The molecule has 0 amide bonds. The quantitative estimate of drug-likeness (QED) is 0.509. The number of aliphatic carboxylic acids is 2. The fraction of sp³-hybridized carbons (Fsp3) is 0.833. The molecule has 5 heteroatoms. The number of hydrogen-bond donors (Lipinski definition) is 2. The van der Waals surface area contributed by atoms with Crippen LogP contribution in [0.25, 0.3) is 0 Å². The minimum atomic E-state index is -1.27. The van der Waals surface area contributed by atoms with Crippen molar-refractivity contribution in [3.8, 4) is 0 Å². The van der Waals surface area contributed by atoms with Crippen molar-refractivity contribution < 1.29 is 22.7 Å². The van der Waals surface area contributed by atoms with Gasteiger partial charge in [-0.2, -0.15) is 0 Å². The Balaban J connectivity index is -0.000000375. The van der Waals surface area contributed by atoms with Gasteiger partial charge < -0.3 is 13.1 Å². The van der Waals surface area contributed by atoms with Crippen molar-refractivity contribution in [1.82, 2.24) is 0 Å². The van der Waals surface area contributed by atoms with Crippen LogP contribution in [0.3, 0.4) is 0 Å². The van der Waals surface area contributed by atoms with Gasteiger partial charge in [0.1, 0.15) is 0 Å². The molecule has 0 saturated heterocycles. The van der Waals surface area contributed by atoms with Gasteiger partial charge in [0.15, 0.2) is 5.92 Å². The third kappa shape index (κ3) is 7.51. The SMILES string of the molecule is CCCC(C)(CCC)CC(C(=O)O)C(=O)O.[Ba+2].[H-].[H-]. The van der Waals surface area contributed by atoms with Crippen molar-refractivity contribution in [1.29, 1.82) is 0 Å². The standard InChI is InChI=1S/C12H22O4.Ba.2H/c1-4-6-12(3,7-5-2)8-9(10(13)14)11(15)16;;;/h9H,4-8H2,1-3H3,(H,13,14)(H,15,16);;;/q;+2;2*-1. The fourth-order valence-corrected chi connectivity index (χ4v) is 2.31. The predicted octanol–water partition coefficient (Wildman–Crippen LogP) is 2.61. The van der Waals surface area contributed by atoms with Crippen molar-refractivity contribution in [2.45, 2.75) is 52.9 Å². The van der Waals surface area contributed by atoms with Crippen LogP contribution in [0.2, 0.25) is 0 Å². The van der Waals surface area contributed by atoms with Gasteiger partial charge in [-0.05, 0) is 24.7 Å². The van der Waals surface area contributed by atoms with Gasteiger partial charge in [0.2, 0.25) is 0 Å². The predicted molar refractivity (Wildman–Crippen MR) is 69.3 cm³/mol. The normalized spacial score (nSPS) is 11.1. The molecule has 0 aromatic rings. The summed E-state index contributed by atoms with van der Waals surface area (Å²) >= 11 is 0. The third-order valence-corrected chi connectivity index (χ3v) is 3.00. The van der Waals surface area contributed by atoms with Crippen LogP contribution in [0.4, 0.5) is 0 Å². The summed E-state index contributed by atoms with van der Waals surface area (Å²) in [6.45, 7) is 6.05. The maximum absolute atomic E-state index is 10.8. The van der Waals surface area contributed by atoms with Gasteiger partial charge in [0, 0.05) is 0 Å². The molecule has 0 aliphatic rings. The Morgan fingerprint density at radius 2 is 1.47 bits per heavy atom. The van der Waals surface area contributed by atoms with Crippen molar-refractivity contribution in [2.75, 3.05) is 0 Å². The molecule has 0 aromatic carbocycles. The Morgan fingerprint density at radius 3 is 1.71 bits per heavy atom. The maximum atomic E-state index is 10.8. The summed E-state index contributed by atoms with van der Waals surface area (Å²) in [5.41, 5.74) is -0.176. The summed E-state index contributed by atoms with van der Waals surface area (Å²) in [7, 11) is 0. The average Bonchev–Trinajstić information content (AvgIpc) is 2.14. The second-order valence-corrected chi connectivity index (χ2v) is 4.74. The number of rotatable bonds is 8. The molecule has 4 nitrogen and oxygen atoms in total. The fourth-order valence-electron chi connectivity index (χ4n) is 2.31. The molecule has 0 saturated carbocycles. The van der Waals surface area contributed by atoms with E-state index in [9.17, 15) is 9.59 Å². The van der Waals surface area contributed by atoms with Crippen LogP contribution < -0.4 is 0 Å². The zero-order valence-corrected chi connectivity index (χ0v) is 15.5. The number of carbonyl (C=O) groups is 2. The molecular formula is C12H24BaO4. The van der Waals surface area contributed by atoms with E-state index < -0.39 is 17.9 Å². The molecule has 0 rings (SSSR count). The smallest absolute Gasteiger partial charge is 1.00 e. The third-order valence-electron chi connectivity index (χ3n) is 3.00. The first-order chi connectivity index (χ1) is 7.36. The molecular weight excluding hydrogens is 345 g/mol. The van der Waals surface area contributed by atoms with Crippen LogP contribution in [0.1, 0.15) is 55.7 Å². The largest absolute Gasteiger partial charge is 2.00 e. The molecule has 2 N–H and O–H groups in total. The van der Waals surface area contributed by atoms with Crippen molar-refractivity contribution in [3.63, 3.8) is 0 Å². The Labute approximate surface area is 146 Å².